The Morgan fingerprint density at radius 3 is 2.46 bits per heavy atom. The van der Waals surface area contributed by atoms with Gasteiger partial charge in [0.2, 0.25) is 0 Å². The summed E-state index contributed by atoms with van der Waals surface area (Å²) in [6, 6.07) is 13.9. The minimum absolute atomic E-state index is 0.0648. The third-order valence-corrected chi connectivity index (χ3v) is 3.32. The van der Waals surface area contributed by atoms with E-state index in [1.54, 1.807) is 43.3 Å². The van der Waals surface area contributed by atoms with Gasteiger partial charge < -0.3 is 10.1 Å². The molecule has 0 aliphatic rings. The second-order valence-corrected chi connectivity index (χ2v) is 5.37. The summed E-state index contributed by atoms with van der Waals surface area (Å²) in [4.78, 5) is 34.4. The number of benzene rings is 2. The first-order valence-electron chi connectivity index (χ1n) is 8.34. The van der Waals surface area contributed by atoms with E-state index in [0.717, 1.165) is 0 Å². The summed E-state index contributed by atoms with van der Waals surface area (Å²) in [5.74, 6) is -0.671. The van der Waals surface area contributed by atoms with Gasteiger partial charge in [-0.1, -0.05) is 30.3 Å². The van der Waals surface area contributed by atoms with Gasteiger partial charge in [-0.25, -0.2) is 4.79 Å². The van der Waals surface area contributed by atoms with Crippen LogP contribution in [-0.2, 0) is 9.53 Å². The molecule has 0 spiro atoms. The average molecular weight is 385 g/mol. The highest BCUT2D eigenvalue weighted by molar-refractivity contribution is 6.08. The van der Waals surface area contributed by atoms with Crippen LogP contribution in [0.25, 0.3) is 0 Å². The molecular weight excluding hydrogens is 366 g/mol. The molecule has 0 radical (unpaired) electrons. The van der Waals surface area contributed by atoms with Crippen molar-refractivity contribution in [2.24, 2.45) is 5.10 Å². The quantitative estimate of drug-likeness (QED) is 0.220. The van der Waals surface area contributed by atoms with Crippen molar-refractivity contribution in [2.75, 3.05) is 17.3 Å². The molecule has 28 heavy (non-hydrogen) atoms. The van der Waals surface area contributed by atoms with Gasteiger partial charge in [-0.3, -0.25) is 25.7 Å². The number of para-hydroxylation sites is 3. The summed E-state index contributed by atoms with van der Waals surface area (Å²) in [7, 11) is 0. The van der Waals surface area contributed by atoms with Crippen molar-refractivity contribution in [1.82, 2.24) is 5.32 Å². The van der Waals surface area contributed by atoms with E-state index in [2.05, 4.69) is 21.2 Å². The minimum Gasteiger partial charge on any atom is -0.466 e. The lowest BCUT2D eigenvalue weighted by molar-refractivity contribution is -0.384. The van der Waals surface area contributed by atoms with Crippen molar-refractivity contribution in [3.8, 4) is 0 Å². The molecule has 10 heteroatoms. The molecule has 2 rings (SSSR count). The van der Waals surface area contributed by atoms with Crippen LogP contribution in [0.4, 0.5) is 21.9 Å². The number of nitrogens with zero attached hydrogens (tertiary/aromatic N) is 2. The zero-order valence-corrected chi connectivity index (χ0v) is 15.0. The van der Waals surface area contributed by atoms with Crippen LogP contribution in [-0.4, -0.2) is 29.4 Å². The Morgan fingerprint density at radius 1 is 1.11 bits per heavy atom. The fourth-order valence-corrected chi connectivity index (χ4v) is 2.13. The predicted molar refractivity (Wildman–Crippen MR) is 104 cm³/mol. The normalized spacial score (nSPS) is 10.7. The molecule has 0 bridgehead atoms. The van der Waals surface area contributed by atoms with E-state index >= 15 is 0 Å². The van der Waals surface area contributed by atoms with Gasteiger partial charge in [-0.15, -0.1) is 0 Å². The van der Waals surface area contributed by atoms with Gasteiger partial charge in [0.15, 0.2) is 0 Å². The Labute approximate surface area is 160 Å². The molecule has 2 amide bonds. The maximum Gasteiger partial charge on any atom is 0.324 e. The molecule has 0 unspecified atom stereocenters. The molecule has 10 nitrogen and oxygen atoms in total. The SMILES string of the molecule is CCOC(=O)C/C(=N\Nc1ccccc1[N+](=O)[O-])NC(=O)Nc1ccccc1. The maximum absolute atomic E-state index is 12.2. The number of hydrogen-bond donors (Lipinski definition) is 3. The van der Waals surface area contributed by atoms with Gasteiger partial charge in [-0.05, 0) is 25.1 Å². The Balaban J connectivity index is 2.14. The maximum atomic E-state index is 12.2. The van der Waals surface area contributed by atoms with Crippen molar-refractivity contribution in [3.05, 3.63) is 64.7 Å². The van der Waals surface area contributed by atoms with Crippen molar-refractivity contribution >= 4 is 34.9 Å². The molecule has 0 aliphatic heterocycles. The lowest BCUT2D eigenvalue weighted by Crippen LogP contribution is -2.36. The first kappa shape index (κ1) is 20.4. The number of amidine groups is 1. The van der Waals surface area contributed by atoms with Gasteiger partial charge >= 0.3 is 12.0 Å². The minimum atomic E-state index is -0.626. The number of hydrogen-bond acceptors (Lipinski definition) is 7. The molecule has 2 aromatic carbocycles. The third kappa shape index (κ3) is 6.41. The smallest absolute Gasteiger partial charge is 0.324 e. The van der Waals surface area contributed by atoms with Gasteiger partial charge in [0, 0.05) is 11.8 Å². The number of amides is 2. The fourth-order valence-electron chi connectivity index (χ4n) is 2.13. The molecule has 0 aliphatic carbocycles. The topological polar surface area (TPSA) is 135 Å². The molecule has 146 valence electrons. The lowest BCUT2D eigenvalue weighted by atomic mass is 10.3. The van der Waals surface area contributed by atoms with E-state index in [1.165, 1.54) is 18.2 Å². The number of ether oxygens (including phenoxy) is 1. The molecule has 2 aromatic rings. The molecule has 0 fully saturated rings. The van der Waals surface area contributed by atoms with E-state index in [9.17, 15) is 19.7 Å². The standard InChI is InChI=1S/C18H19N5O5/c1-2-28-17(24)12-16(20-18(25)19-13-8-4-3-5-9-13)22-21-14-10-6-7-11-15(14)23(26)27/h3-11,21H,2,12H2,1H3,(H2,19,20,22,25). The Hall–Kier alpha value is -3.95. The van der Waals surface area contributed by atoms with E-state index < -0.39 is 16.9 Å². The van der Waals surface area contributed by atoms with Crippen LogP contribution in [0.2, 0.25) is 0 Å². The number of nitro benzene ring substituents is 1. The first-order valence-corrected chi connectivity index (χ1v) is 8.34. The molecular formula is C18H19N5O5. The van der Waals surface area contributed by atoms with Crippen LogP contribution < -0.4 is 16.1 Å². The lowest BCUT2D eigenvalue weighted by Gasteiger charge is -2.11. The Morgan fingerprint density at radius 2 is 1.79 bits per heavy atom. The third-order valence-electron chi connectivity index (χ3n) is 3.32. The van der Waals surface area contributed by atoms with Crippen molar-refractivity contribution < 1.29 is 19.2 Å². The van der Waals surface area contributed by atoms with E-state index in [1.807, 2.05) is 0 Å². The van der Waals surface area contributed by atoms with Crippen molar-refractivity contribution in [2.45, 2.75) is 13.3 Å². The van der Waals surface area contributed by atoms with Crippen LogP contribution in [0, 0.1) is 10.1 Å². The summed E-state index contributed by atoms with van der Waals surface area (Å²) in [5, 5.41) is 20.0. The van der Waals surface area contributed by atoms with E-state index in [0.29, 0.717) is 5.69 Å². The summed E-state index contributed by atoms with van der Waals surface area (Å²) in [6.45, 7) is 1.82. The monoisotopic (exact) mass is 385 g/mol. The van der Waals surface area contributed by atoms with Crippen molar-refractivity contribution in [3.63, 3.8) is 0 Å². The van der Waals surface area contributed by atoms with Crippen LogP contribution in [0.1, 0.15) is 13.3 Å². The van der Waals surface area contributed by atoms with Crippen molar-refractivity contribution in [1.29, 1.82) is 0 Å². The highest BCUT2D eigenvalue weighted by Gasteiger charge is 2.15. The number of rotatable bonds is 7. The molecule has 0 saturated heterocycles. The van der Waals surface area contributed by atoms with E-state index in [-0.39, 0.29) is 30.2 Å². The fraction of sp³-hybridized carbons (Fsp3) is 0.167. The van der Waals surface area contributed by atoms with Gasteiger partial charge in [0.25, 0.3) is 5.69 Å². The predicted octanol–water partition coefficient (Wildman–Crippen LogP) is 3.10. The number of nitrogens with one attached hydrogen (secondary N) is 3. The summed E-state index contributed by atoms with van der Waals surface area (Å²) in [5.41, 5.74) is 2.96. The highest BCUT2D eigenvalue weighted by Crippen LogP contribution is 2.23. The zero-order chi connectivity index (χ0) is 20.4. The molecule has 0 aromatic heterocycles. The molecule has 0 saturated carbocycles. The second kappa shape index (κ2) is 10.3. The van der Waals surface area contributed by atoms with Crippen LogP contribution in [0.15, 0.2) is 59.7 Å². The molecule has 3 N–H and O–H groups in total. The van der Waals surface area contributed by atoms with Gasteiger partial charge in [0.1, 0.15) is 17.9 Å². The van der Waals surface area contributed by atoms with E-state index in [4.69, 9.17) is 4.74 Å². The number of carbonyl (C=O) groups excluding carboxylic acids is 2. The summed E-state index contributed by atoms with van der Waals surface area (Å²) in [6.07, 6.45) is -0.330. The Kier molecular flexibility index (Phi) is 7.46. The van der Waals surface area contributed by atoms with Crippen LogP contribution >= 0.6 is 0 Å². The largest absolute Gasteiger partial charge is 0.466 e. The second-order valence-electron chi connectivity index (χ2n) is 5.37. The van der Waals surface area contributed by atoms with Gasteiger partial charge in [-0.2, -0.15) is 5.10 Å². The summed E-state index contributed by atoms with van der Waals surface area (Å²) >= 11 is 0. The number of esters is 1. The molecule has 0 atom stereocenters. The first-order chi connectivity index (χ1) is 13.5. The van der Waals surface area contributed by atoms with Gasteiger partial charge in [0.05, 0.1) is 11.5 Å². The number of anilines is 2. The number of urea groups is 1. The molecule has 0 heterocycles. The highest BCUT2D eigenvalue weighted by atomic mass is 16.6. The number of hydrazone groups is 1. The zero-order valence-electron chi connectivity index (χ0n) is 15.0. The van der Waals surface area contributed by atoms with Crippen LogP contribution in [0.3, 0.4) is 0 Å². The van der Waals surface area contributed by atoms with Crippen LogP contribution in [0.5, 0.6) is 0 Å². The summed E-state index contributed by atoms with van der Waals surface area (Å²) < 4.78 is 4.86. The number of carbonyl (C=O) groups is 2. The Bertz CT molecular complexity index is 870. The number of nitro groups is 1. The average Bonchev–Trinajstić information content (AvgIpc) is 2.67.